The monoisotopic (exact) mass is 444 g/mol. The smallest absolute Gasteiger partial charge is 0.330 e. The lowest BCUT2D eigenvalue weighted by molar-refractivity contribution is -0.123. The molecule has 4 rings (SSSR count). The van der Waals surface area contributed by atoms with E-state index in [0.717, 1.165) is 36.7 Å². The molecule has 172 valence electrons. The van der Waals surface area contributed by atoms with Gasteiger partial charge in [0.15, 0.2) is 6.23 Å². The highest BCUT2D eigenvalue weighted by atomic mass is 16.6. The van der Waals surface area contributed by atoms with Gasteiger partial charge in [0.2, 0.25) is 5.91 Å². The number of benzene rings is 1. The van der Waals surface area contributed by atoms with Crippen molar-refractivity contribution in [1.29, 1.82) is 0 Å². The number of aliphatic hydroxyl groups excluding tert-OH is 2. The summed E-state index contributed by atoms with van der Waals surface area (Å²) in [5.74, 6) is -0.147. The van der Waals surface area contributed by atoms with Crippen LogP contribution in [0, 0.1) is 0 Å². The van der Waals surface area contributed by atoms with Crippen LogP contribution in [-0.4, -0.2) is 68.0 Å². The van der Waals surface area contributed by atoms with E-state index in [0.29, 0.717) is 0 Å². The van der Waals surface area contributed by atoms with E-state index in [2.05, 4.69) is 27.3 Å². The quantitative estimate of drug-likeness (QED) is 0.444. The van der Waals surface area contributed by atoms with E-state index < -0.39 is 35.8 Å². The Bertz CT molecular complexity index is 1040. The summed E-state index contributed by atoms with van der Waals surface area (Å²) in [6.07, 6.45) is -2.15. The lowest BCUT2D eigenvalue weighted by atomic mass is 10.1. The van der Waals surface area contributed by atoms with E-state index >= 15 is 0 Å². The normalized spacial score (nSPS) is 28.1. The van der Waals surface area contributed by atoms with Gasteiger partial charge >= 0.3 is 5.69 Å². The van der Waals surface area contributed by atoms with Crippen LogP contribution in [-0.2, 0) is 16.1 Å². The summed E-state index contributed by atoms with van der Waals surface area (Å²) in [6, 6.07) is 11.4. The molecule has 2 aromatic rings. The Labute approximate surface area is 184 Å². The van der Waals surface area contributed by atoms with Crippen molar-refractivity contribution in [1.82, 2.24) is 19.8 Å². The fourth-order valence-electron chi connectivity index (χ4n) is 4.33. The summed E-state index contributed by atoms with van der Waals surface area (Å²) in [4.78, 5) is 40.0. The second kappa shape index (κ2) is 9.78. The van der Waals surface area contributed by atoms with Gasteiger partial charge in [0.05, 0.1) is 6.10 Å². The van der Waals surface area contributed by atoms with Gasteiger partial charge in [-0.3, -0.25) is 24.0 Å². The van der Waals surface area contributed by atoms with Crippen LogP contribution in [0.2, 0.25) is 0 Å². The fourth-order valence-corrected chi connectivity index (χ4v) is 4.33. The number of nitrogens with zero attached hydrogens (tertiary/aromatic N) is 2. The predicted octanol–water partition coefficient (Wildman–Crippen LogP) is -0.673. The Hall–Kier alpha value is -2.79. The molecule has 32 heavy (non-hydrogen) atoms. The average molecular weight is 444 g/mol. The van der Waals surface area contributed by atoms with E-state index in [9.17, 15) is 24.6 Å². The molecule has 5 atom stereocenters. The first kappa shape index (κ1) is 22.4. The minimum Gasteiger partial charge on any atom is -0.388 e. The zero-order valence-corrected chi connectivity index (χ0v) is 17.6. The molecule has 4 N–H and O–H groups in total. The summed E-state index contributed by atoms with van der Waals surface area (Å²) in [5.41, 5.74) is -0.0725. The van der Waals surface area contributed by atoms with Gasteiger partial charge < -0.3 is 20.3 Å². The highest BCUT2D eigenvalue weighted by Gasteiger charge is 2.44. The van der Waals surface area contributed by atoms with E-state index in [-0.39, 0.29) is 24.8 Å². The second-order valence-corrected chi connectivity index (χ2v) is 8.38. The second-order valence-electron chi connectivity index (χ2n) is 8.38. The number of aliphatic hydroxyl groups is 2. The van der Waals surface area contributed by atoms with Crippen molar-refractivity contribution >= 4 is 5.91 Å². The number of likely N-dealkylation sites (tertiary alicyclic amines) is 1. The van der Waals surface area contributed by atoms with Crippen LogP contribution in [0.4, 0.5) is 0 Å². The molecule has 1 amide bonds. The third-order valence-electron chi connectivity index (χ3n) is 6.00. The number of carbonyl (C=O) groups is 1. The summed E-state index contributed by atoms with van der Waals surface area (Å²) < 4.78 is 6.67. The maximum Gasteiger partial charge on any atom is 0.330 e. The number of amides is 1. The van der Waals surface area contributed by atoms with Crippen LogP contribution in [0.3, 0.4) is 0 Å². The third kappa shape index (κ3) is 5.16. The van der Waals surface area contributed by atoms with Gasteiger partial charge in [0.1, 0.15) is 12.2 Å². The third-order valence-corrected chi connectivity index (χ3v) is 6.00. The molecule has 2 aliphatic rings. The van der Waals surface area contributed by atoms with E-state index in [1.165, 1.54) is 11.8 Å². The fraction of sp³-hybridized carbons (Fsp3) is 0.500. The molecule has 2 saturated heterocycles. The van der Waals surface area contributed by atoms with Crippen LogP contribution in [0.15, 0.2) is 52.2 Å². The molecule has 0 aliphatic carbocycles. The predicted molar refractivity (Wildman–Crippen MR) is 115 cm³/mol. The molecule has 3 heterocycles. The van der Waals surface area contributed by atoms with Gasteiger partial charge in [0.25, 0.3) is 5.56 Å². The summed E-state index contributed by atoms with van der Waals surface area (Å²) >= 11 is 0. The molecule has 1 unspecified atom stereocenters. The molecule has 0 spiro atoms. The number of hydrogen-bond donors (Lipinski definition) is 4. The minimum absolute atomic E-state index is 0.0682. The standard InChI is InChI=1S/C22H28N4O6/c27-17(23-15-8-10-25(13-15)12-14-4-2-1-3-5-14)7-6-16-19(29)20(30)21(32-16)26-11-9-18(28)24-22(26)31/h1-5,9,11,15-16,19-21,29-30H,6-8,10,12-13H2,(H,23,27)(H,24,28,31)/t15?,16-,19-,20-,21-/m1/s1. The van der Waals surface area contributed by atoms with Crippen molar-refractivity contribution in [3.63, 3.8) is 0 Å². The summed E-state index contributed by atoms with van der Waals surface area (Å²) in [7, 11) is 0. The lowest BCUT2D eigenvalue weighted by Gasteiger charge is -2.18. The van der Waals surface area contributed by atoms with Gasteiger partial charge in [-0.05, 0) is 18.4 Å². The first-order valence-corrected chi connectivity index (χ1v) is 10.8. The number of carbonyl (C=O) groups excluding carboxylic acids is 1. The molecule has 2 aliphatic heterocycles. The number of H-pyrrole nitrogens is 1. The van der Waals surface area contributed by atoms with E-state index in [1.807, 2.05) is 18.2 Å². The average Bonchev–Trinajstić information content (AvgIpc) is 3.32. The molecule has 0 bridgehead atoms. The Morgan fingerprint density at radius 3 is 2.69 bits per heavy atom. The Morgan fingerprint density at radius 2 is 1.94 bits per heavy atom. The van der Waals surface area contributed by atoms with E-state index in [1.54, 1.807) is 0 Å². The highest BCUT2D eigenvalue weighted by Crippen LogP contribution is 2.30. The topological polar surface area (TPSA) is 137 Å². The Morgan fingerprint density at radius 1 is 1.16 bits per heavy atom. The molecule has 2 fully saturated rings. The number of nitrogens with one attached hydrogen (secondary N) is 2. The molecule has 0 radical (unpaired) electrons. The summed E-state index contributed by atoms with van der Waals surface area (Å²) in [5, 5.41) is 23.6. The largest absolute Gasteiger partial charge is 0.388 e. The van der Waals surface area contributed by atoms with Crippen molar-refractivity contribution in [2.75, 3.05) is 13.1 Å². The molecular weight excluding hydrogens is 416 g/mol. The van der Waals surface area contributed by atoms with Crippen molar-refractivity contribution in [3.05, 3.63) is 69.0 Å². The van der Waals surface area contributed by atoms with Crippen LogP contribution < -0.4 is 16.6 Å². The summed E-state index contributed by atoms with van der Waals surface area (Å²) in [6.45, 7) is 2.53. The Kier molecular flexibility index (Phi) is 6.85. The maximum absolute atomic E-state index is 12.4. The first-order chi connectivity index (χ1) is 15.4. The molecule has 0 saturated carbocycles. The zero-order chi connectivity index (χ0) is 22.7. The van der Waals surface area contributed by atoms with Crippen LogP contribution in [0.25, 0.3) is 0 Å². The van der Waals surface area contributed by atoms with Gasteiger partial charge in [-0.15, -0.1) is 0 Å². The number of rotatable bonds is 7. The van der Waals surface area contributed by atoms with Gasteiger partial charge in [-0.2, -0.15) is 0 Å². The van der Waals surface area contributed by atoms with Crippen molar-refractivity contribution in [3.8, 4) is 0 Å². The van der Waals surface area contributed by atoms with Crippen LogP contribution >= 0.6 is 0 Å². The molecule has 1 aromatic heterocycles. The van der Waals surface area contributed by atoms with Crippen LogP contribution in [0.1, 0.15) is 31.1 Å². The van der Waals surface area contributed by atoms with Crippen molar-refractivity contribution in [2.24, 2.45) is 0 Å². The van der Waals surface area contributed by atoms with Crippen LogP contribution in [0.5, 0.6) is 0 Å². The zero-order valence-electron chi connectivity index (χ0n) is 17.6. The van der Waals surface area contributed by atoms with Gasteiger partial charge in [0, 0.05) is 44.4 Å². The molecule has 10 heteroatoms. The SMILES string of the molecule is O=C(CC[C@H]1O[C@@H](n2ccc(=O)[nH]c2=O)[C@H](O)[C@@H]1O)NC1CCN(Cc2ccccc2)C1. The van der Waals surface area contributed by atoms with Gasteiger partial charge in [-0.1, -0.05) is 30.3 Å². The highest BCUT2D eigenvalue weighted by molar-refractivity contribution is 5.76. The van der Waals surface area contributed by atoms with Gasteiger partial charge in [-0.25, -0.2) is 4.79 Å². The number of aromatic amines is 1. The number of ether oxygens (including phenoxy) is 1. The molecule has 1 aromatic carbocycles. The van der Waals surface area contributed by atoms with Crippen molar-refractivity contribution in [2.45, 2.75) is 56.4 Å². The maximum atomic E-state index is 12.4. The molecule has 10 nitrogen and oxygen atoms in total. The minimum atomic E-state index is -1.35. The number of hydrogen-bond acceptors (Lipinski definition) is 7. The van der Waals surface area contributed by atoms with E-state index in [4.69, 9.17) is 4.74 Å². The Balaban J connectivity index is 1.25. The lowest BCUT2D eigenvalue weighted by Crippen LogP contribution is -2.38. The van der Waals surface area contributed by atoms with Crippen molar-refractivity contribution < 1.29 is 19.7 Å². The molecular formula is C22H28N4O6. The first-order valence-electron chi connectivity index (χ1n) is 10.8. The number of aromatic nitrogens is 2.